The van der Waals surface area contributed by atoms with Gasteiger partial charge < -0.3 is 9.80 Å². The van der Waals surface area contributed by atoms with Crippen LogP contribution in [0.15, 0.2) is 18.7 Å². The van der Waals surface area contributed by atoms with Gasteiger partial charge in [0.25, 0.3) is 5.91 Å². The molecular weight excluding hydrogens is 426 g/mol. The molecule has 0 bridgehead atoms. The van der Waals surface area contributed by atoms with Gasteiger partial charge in [-0.1, -0.05) is 11.8 Å². The molecule has 2 heterocycles. The summed E-state index contributed by atoms with van der Waals surface area (Å²) >= 11 is 1.66. The van der Waals surface area contributed by atoms with E-state index in [9.17, 15) is 24.4 Å². The molecule has 2 amide bonds. The molecule has 1 saturated heterocycles. The summed E-state index contributed by atoms with van der Waals surface area (Å²) in [6.45, 7) is 5.65. The summed E-state index contributed by atoms with van der Waals surface area (Å²) in [5.41, 5.74) is -0.681. The third kappa shape index (κ3) is 4.49. The molecule has 0 N–H and O–H groups in total. The van der Waals surface area contributed by atoms with Crippen molar-refractivity contribution in [2.24, 2.45) is 5.41 Å². The van der Waals surface area contributed by atoms with Crippen molar-refractivity contribution >= 4 is 45.6 Å². The predicted molar refractivity (Wildman–Crippen MR) is 113 cm³/mol. The first-order chi connectivity index (χ1) is 14.0. The molecule has 30 heavy (non-hydrogen) atoms. The molecule has 11 heteroatoms. The lowest BCUT2D eigenvalue weighted by Crippen LogP contribution is -2.56. The number of hydrogen-bond donors (Lipinski definition) is 0. The monoisotopic (exact) mass is 449 g/mol. The molecule has 3 atom stereocenters. The maximum Gasteiger partial charge on any atom is 0.260 e. The van der Waals surface area contributed by atoms with E-state index in [0.29, 0.717) is 5.56 Å². The van der Waals surface area contributed by atoms with Gasteiger partial charge in [0.2, 0.25) is 5.91 Å². The zero-order valence-corrected chi connectivity index (χ0v) is 19.0. The van der Waals surface area contributed by atoms with Crippen LogP contribution in [-0.2, 0) is 19.2 Å². The molecule has 9 nitrogen and oxygen atoms in total. The highest BCUT2D eigenvalue weighted by molar-refractivity contribution is 8.15. The Balaban J connectivity index is 2.67. The summed E-state index contributed by atoms with van der Waals surface area (Å²) in [4.78, 5) is 59.0. The van der Waals surface area contributed by atoms with E-state index in [2.05, 4.69) is 16.0 Å². The molecule has 0 aromatic carbocycles. The van der Waals surface area contributed by atoms with Gasteiger partial charge in [0.1, 0.15) is 6.33 Å². The van der Waals surface area contributed by atoms with Crippen LogP contribution in [0.1, 0.15) is 45.7 Å². The Morgan fingerprint density at radius 2 is 1.83 bits per heavy atom. The second-order valence-electron chi connectivity index (χ2n) is 7.32. The molecule has 0 spiro atoms. The number of nitrogens with zero attached hydrogens (tertiary/aromatic N) is 5. The lowest BCUT2D eigenvalue weighted by atomic mass is 9.80. The van der Waals surface area contributed by atoms with E-state index >= 15 is 0 Å². The van der Waals surface area contributed by atoms with Crippen molar-refractivity contribution in [1.82, 2.24) is 19.8 Å². The quantitative estimate of drug-likeness (QED) is 0.620. The van der Waals surface area contributed by atoms with Gasteiger partial charge in [-0.2, -0.15) is 5.26 Å². The fourth-order valence-corrected chi connectivity index (χ4v) is 5.68. The number of carbonyl (C=O) groups is 4. The van der Waals surface area contributed by atoms with Crippen molar-refractivity contribution in [3.05, 3.63) is 24.3 Å². The molecule has 1 fully saturated rings. The average Bonchev–Trinajstić information content (AvgIpc) is 2.95. The first kappa shape index (κ1) is 23.8. The number of aromatic nitrogens is 2. The fourth-order valence-electron chi connectivity index (χ4n) is 3.77. The number of carbonyl (C=O) groups excluding carboxylic acids is 4. The summed E-state index contributed by atoms with van der Waals surface area (Å²) in [7, 11) is 1.50. The van der Waals surface area contributed by atoms with Gasteiger partial charge in [-0.15, -0.1) is 0 Å². The summed E-state index contributed by atoms with van der Waals surface area (Å²) in [6, 6.07) is 1.41. The largest absolute Gasteiger partial charge is 0.333 e. The van der Waals surface area contributed by atoms with Crippen molar-refractivity contribution in [2.75, 3.05) is 12.9 Å². The summed E-state index contributed by atoms with van der Waals surface area (Å²) in [5.74, 6) is -0.923. The van der Waals surface area contributed by atoms with Gasteiger partial charge in [0, 0.05) is 52.2 Å². The molecule has 1 aliphatic rings. The topological polar surface area (TPSA) is 124 Å². The van der Waals surface area contributed by atoms with Crippen LogP contribution >= 0.6 is 23.5 Å². The van der Waals surface area contributed by atoms with Crippen LogP contribution in [0.25, 0.3) is 0 Å². The molecule has 0 aliphatic carbocycles. The van der Waals surface area contributed by atoms with Gasteiger partial charge in [-0.05, 0) is 18.7 Å². The molecule has 0 unspecified atom stereocenters. The number of rotatable bonds is 5. The van der Waals surface area contributed by atoms with Crippen molar-refractivity contribution in [3.63, 3.8) is 0 Å². The molecule has 1 aliphatic heterocycles. The van der Waals surface area contributed by atoms with E-state index in [1.807, 2.05) is 0 Å². The van der Waals surface area contributed by atoms with E-state index in [1.165, 1.54) is 56.3 Å². The van der Waals surface area contributed by atoms with Crippen molar-refractivity contribution < 1.29 is 19.2 Å². The van der Waals surface area contributed by atoms with Crippen molar-refractivity contribution in [3.8, 4) is 6.07 Å². The summed E-state index contributed by atoms with van der Waals surface area (Å²) in [6.07, 6.45) is 4.26. The van der Waals surface area contributed by atoms with E-state index in [-0.39, 0.29) is 22.5 Å². The van der Waals surface area contributed by atoms with Crippen LogP contribution in [0.3, 0.4) is 0 Å². The van der Waals surface area contributed by atoms with Crippen LogP contribution in [0, 0.1) is 16.7 Å². The molecule has 1 aromatic heterocycles. The Bertz CT molecular complexity index is 906. The fraction of sp³-hybridized carbons (Fsp3) is 0.526. The van der Waals surface area contributed by atoms with Crippen LogP contribution in [-0.4, -0.2) is 59.6 Å². The maximum atomic E-state index is 13.6. The van der Waals surface area contributed by atoms with Crippen LogP contribution in [0.2, 0.25) is 0 Å². The highest BCUT2D eigenvalue weighted by atomic mass is 32.2. The Morgan fingerprint density at radius 3 is 2.30 bits per heavy atom. The first-order valence-corrected chi connectivity index (χ1v) is 10.8. The number of likely N-dealkylation sites (N-methyl/N-ethyl adjacent to an activating group) is 1. The number of hydrogen-bond acceptors (Lipinski definition) is 9. The highest BCUT2D eigenvalue weighted by Crippen LogP contribution is 2.58. The van der Waals surface area contributed by atoms with Crippen LogP contribution in [0.4, 0.5) is 0 Å². The lowest BCUT2D eigenvalue weighted by molar-refractivity contribution is -0.145. The third-order valence-electron chi connectivity index (χ3n) is 4.80. The molecule has 2 rings (SSSR count). The molecule has 0 radical (unpaired) electrons. The van der Waals surface area contributed by atoms with E-state index in [1.54, 1.807) is 6.92 Å². The minimum absolute atomic E-state index is 0.0580. The van der Waals surface area contributed by atoms with Gasteiger partial charge in [-0.3, -0.25) is 19.2 Å². The minimum atomic E-state index is -1.63. The van der Waals surface area contributed by atoms with Gasteiger partial charge in [0.05, 0.1) is 23.4 Å². The van der Waals surface area contributed by atoms with E-state index < -0.39 is 28.1 Å². The average molecular weight is 450 g/mol. The predicted octanol–water partition coefficient (Wildman–Crippen LogP) is 1.97. The highest BCUT2D eigenvalue weighted by Gasteiger charge is 2.65. The van der Waals surface area contributed by atoms with Gasteiger partial charge in [-0.25, -0.2) is 9.97 Å². The standard InChI is InChI=1S/C19H23N5O4S2/c1-12(25)24-16(15-6-21-10-22-7-15)18(4,9-20)8-19(24,30-14(3)27)17(28)23(5)11-29-13(2)26/h6-7,10,16H,8,11H2,1-5H3/t16-,18+,19-/m0/s1. The number of amides is 2. The Kier molecular flexibility index (Phi) is 7.26. The Labute approximate surface area is 183 Å². The number of likely N-dealkylation sites (tertiary alicyclic amines) is 1. The number of nitriles is 1. The minimum Gasteiger partial charge on any atom is -0.333 e. The van der Waals surface area contributed by atoms with Crippen LogP contribution in [0.5, 0.6) is 0 Å². The maximum absolute atomic E-state index is 13.6. The Morgan fingerprint density at radius 1 is 1.23 bits per heavy atom. The van der Waals surface area contributed by atoms with E-state index in [4.69, 9.17) is 0 Å². The van der Waals surface area contributed by atoms with Crippen molar-refractivity contribution in [2.45, 2.75) is 45.0 Å². The molecule has 0 saturated carbocycles. The lowest BCUT2D eigenvalue weighted by Gasteiger charge is -2.40. The molecule has 160 valence electrons. The first-order valence-electron chi connectivity index (χ1n) is 9.03. The second kappa shape index (κ2) is 9.14. The second-order valence-corrected chi connectivity index (χ2v) is 9.89. The summed E-state index contributed by atoms with van der Waals surface area (Å²) in [5, 5.41) is 9.49. The van der Waals surface area contributed by atoms with Crippen molar-refractivity contribution in [1.29, 1.82) is 5.26 Å². The van der Waals surface area contributed by atoms with Gasteiger partial charge >= 0.3 is 0 Å². The number of thioether (sulfide) groups is 2. The molecular formula is C19H23N5O4S2. The smallest absolute Gasteiger partial charge is 0.260 e. The van der Waals surface area contributed by atoms with E-state index in [0.717, 1.165) is 23.5 Å². The SMILES string of the molecule is CC(=O)SCN(C)C(=O)[C@@]1(SC(C)=O)C[C@](C)(C#N)[C@H](c2cncnc2)N1C(C)=O. The zero-order chi connectivity index (χ0) is 22.7. The third-order valence-corrected chi connectivity index (χ3v) is 6.87. The normalized spacial score (nSPS) is 25.5. The van der Waals surface area contributed by atoms with Crippen LogP contribution < -0.4 is 0 Å². The zero-order valence-electron chi connectivity index (χ0n) is 17.4. The van der Waals surface area contributed by atoms with Gasteiger partial charge in [0.15, 0.2) is 15.1 Å². The molecule has 1 aromatic rings. The summed E-state index contributed by atoms with van der Waals surface area (Å²) < 4.78 is 0. The Hall–Kier alpha value is -2.45.